The number of fused-ring (bicyclic) bond motifs is 3. The van der Waals surface area contributed by atoms with E-state index in [1.54, 1.807) is 64.2 Å². The van der Waals surface area contributed by atoms with Crippen LogP contribution >= 0.6 is 0 Å². The first-order valence-corrected chi connectivity index (χ1v) is 7.90. The second-order valence-corrected chi connectivity index (χ2v) is 7.36. The molecule has 4 aliphatic carbocycles. The summed E-state index contributed by atoms with van der Waals surface area (Å²) >= 11 is 0. The number of hydrogen-bond acceptors (Lipinski definition) is 0. The van der Waals surface area contributed by atoms with Crippen molar-refractivity contribution in [2.45, 2.75) is 64.2 Å². The normalized spacial score (nSPS) is 54.8. The largest absolute Gasteiger partial charge is 0.0527 e. The Morgan fingerprint density at radius 2 is 1.62 bits per heavy atom. The third-order valence-electron chi connectivity index (χ3n) is 6.72. The molecule has 4 aliphatic rings. The van der Waals surface area contributed by atoms with E-state index < -0.39 is 0 Å². The Morgan fingerprint density at radius 3 is 2.44 bits per heavy atom. The van der Waals surface area contributed by atoms with Crippen molar-refractivity contribution in [3.05, 3.63) is 0 Å². The second-order valence-electron chi connectivity index (χ2n) is 7.36. The molecule has 90 valence electrons. The summed E-state index contributed by atoms with van der Waals surface area (Å²) in [5, 5.41) is 0. The summed E-state index contributed by atoms with van der Waals surface area (Å²) in [6, 6.07) is 0. The summed E-state index contributed by atoms with van der Waals surface area (Å²) in [6.07, 6.45) is 16.0. The predicted molar refractivity (Wildman–Crippen MR) is 67.1 cm³/mol. The Labute approximate surface area is 100 Å². The molecule has 2 bridgehead atoms. The number of hydrogen-bond donors (Lipinski definition) is 0. The van der Waals surface area contributed by atoms with Gasteiger partial charge in [-0.3, -0.25) is 0 Å². The van der Waals surface area contributed by atoms with Crippen molar-refractivity contribution in [3.63, 3.8) is 0 Å². The molecule has 0 N–H and O–H groups in total. The van der Waals surface area contributed by atoms with Crippen LogP contribution in [0.2, 0.25) is 0 Å². The lowest BCUT2D eigenvalue weighted by Gasteiger charge is -2.27. The standard InChI is InChI=1S/C16H26/c1-2-12-6-7-14(16(12)3-1)10-15-9-11-4-5-13(15)8-11/h11-16H,1-10H2. The average molecular weight is 218 g/mol. The lowest BCUT2D eigenvalue weighted by Crippen LogP contribution is -2.18. The Morgan fingerprint density at radius 1 is 0.688 bits per heavy atom. The minimum absolute atomic E-state index is 1.16. The molecule has 0 nitrogen and oxygen atoms in total. The summed E-state index contributed by atoms with van der Waals surface area (Å²) in [5.41, 5.74) is 0. The third kappa shape index (κ3) is 1.48. The molecule has 0 amide bonds. The molecule has 0 aliphatic heterocycles. The minimum Gasteiger partial charge on any atom is -0.0527 e. The highest BCUT2D eigenvalue weighted by Gasteiger charge is 2.44. The van der Waals surface area contributed by atoms with Crippen LogP contribution in [0.1, 0.15) is 64.2 Å². The molecule has 0 aromatic heterocycles. The van der Waals surface area contributed by atoms with Crippen LogP contribution in [0.4, 0.5) is 0 Å². The van der Waals surface area contributed by atoms with Gasteiger partial charge in [-0.25, -0.2) is 0 Å². The SMILES string of the molecule is C1CC2CCC(CC3CC4CCC3C4)C2C1. The van der Waals surface area contributed by atoms with E-state index >= 15 is 0 Å². The Kier molecular flexibility index (Phi) is 2.34. The molecular weight excluding hydrogens is 192 g/mol. The van der Waals surface area contributed by atoms with Crippen LogP contribution in [0.15, 0.2) is 0 Å². The summed E-state index contributed by atoms with van der Waals surface area (Å²) < 4.78 is 0. The van der Waals surface area contributed by atoms with Gasteiger partial charge in [-0.05, 0) is 80.5 Å². The van der Waals surface area contributed by atoms with Gasteiger partial charge < -0.3 is 0 Å². The highest BCUT2D eigenvalue weighted by atomic mass is 14.5. The topological polar surface area (TPSA) is 0 Å². The van der Waals surface area contributed by atoms with E-state index in [1.807, 2.05) is 0 Å². The lowest BCUT2D eigenvalue weighted by molar-refractivity contribution is 0.228. The van der Waals surface area contributed by atoms with Gasteiger partial charge >= 0.3 is 0 Å². The Bertz CT molecular complexity index is 269. The van der Waals surface area contributed by atoms with Gasteiger partial charge in [-0.2, -0.15) is 0 Å². The minimum atomic E-state index is 1.16. The fourth-order valence-corrected chi connectivity index (χ4v) is 6.03. The average Bonchev–Trinajstić information content (AvgIpc) is 2.98. The molecule has 0 radical (unpaired) electrons. The molecule has 4 fully saturated rings. The highest BCUT2D eigenvalue weighted by Crippen LogP contribution is 2.55. The van der Waals surface area contributed by atoms with E-state index in [0.717, 1.165) is 11.8 Å². The van der Waals surface area contributed by atoms with Crippen LogP contribution in [-0.4, -0.2) is 0 Å². The van der Waals surface area contributed by atoms with Crippen LogP contribution in [0, 0.1) is 35.5 Å². The fourth-order valence-electron chi connectivity index (χ4n) is 6.03. The molecule has 0 heterocycles. The Hall–Kier alpha value is 0. The van der Waals surface area contributed by atoms with E-state index in [2.05, 4.69) is 0 Å². The third-order valence-corrected chi connectivity index (χ3v) is 6.72. The smallest absolute Gasteiger partial charge is 0.0357 e. The van der Waals surface area contributed by atoms with E-state index in [4.69, 9.17) is 0 Å². The van der Waals surface area contributed by atoms with Crippen LogP contribution in [0.5, 0.6) is 0 Å². The number of rotatable bonds is 2. The van der Waals surface area contributed by atoms with Gasteiger partial charge in [0.15, 0.2) is 0 Å². The van der Waals surface area contributed by atoms with Gasteiger partial charge in [0, 0.05) is 0 Å². The predicted octanol–water partition coefficient (Wildman–Crippen LogP) is 4.64. The van der Waals surface area contributed by atoms with Gasteiger partial charge in [-0.15, -0.1) is 0 Å². The van der Waals surface area contributed by atoms with Gasteiger partial charge in [0.25, 0.3) is 0 Å². The molecule has 0 saturated heterocycles. The van der Waals surface area contributed by atoms with E-state index in [-0.39, 0.29) is 0 Å². The first-order valence-electron chi connectivity index (χ1n) is 7.90. The molecule has 6 atom stereocenters. The molecule has 16 heavy (non-hydrogen) atoms. The van der Waals surface area contributed by atoms with Crippen LogP contribution in [0.3, 0.4) is 0 Å². The van der Waals surface area contributed by atoms with E-state index in [0.29, 0.717) is 0 Å². The maximum Gasteiger partial charge on any atom is -0.0357 e. The summed E-state index contributed by atoms with van der Waals surface area (Å²) in [4.78, 5) is 0. The van der Waals surface area contributed by atoms with Crippen molar-refractivity contribution in [2.24, 2.45) is 35.5 Å². The van der Waals surface area contributed by atoms with E-state index in [1.165, 1.54) is 23.7 Å². The molecule has 0 spiro atoms. The van der Waals surface area contributed by atoms with E-state index in [9.17, 15) is 0 Å². The zero-order valence-corrected chi connectivity index (χ0v) is 10.5. The van der Waals surface area contributed by atoms with Crippen molar-refractivity contribution in [2.75, 3.05) is 0 Å². The maximum atomic E-state index is 1.64. The van der Waals surface area contributed by atoms with Crippen molar-refractivity contribution in [1.82, 2.24) is 0 Å². The highest BCUT2D eigenvalue weighted by molar-refractivity contribution is 4.95. The maximum absolute atomic E-state index is 1.64. The van der Waals surface area contributed by atoms with Crippen molar-refractivity contribution >= 4 is 0 Å². The lowest BCUT2D eigenvalue weighted by atomic mass is 9.78. The van der Waals surface area contributed by atoms with Gasteiger partial charge in [0.2, 0.25) is 0 Å². The first kappa shape index (κ1) is 9.97. The first-order chi connectivity index (χ1) is 7.90. The van der Waals surface area contributed by atoms with Crippen LogP contribution in [-0.2, 0) is 0 Å². The molecule has 4 saturated carbocycles. The van der Waals surface area contributed by atoms with Crippen molar-refractivity contribution in [1.29, 1.82) is 0 Å². The zero-order valence-electron chi connectivity index (χ0n) is 10.5. The molecule has 6 unspecified atom stereocenters. The van der Waals surface area contributed by atoms with Crippen molar-refractivity contribution in [3.8, 4) is 0 Å². The fraction of sp³-hybridized carbons (Fsp3) is 1.00. The zero-order chi connectivity index (χ0) is 10.5. The molecule has 0 aromatic rings. The van der Waals surface area contributed by atoms with Crippen LogP contribution in [0.25, 0.3) is 0 Å². The van der Waals surface area contributed by atoms with Gasteiger partial charge in [-0.1, -0.05) is 19.3 Å². The molecule has 4 rings (SSSR count). The van der Waals surface area contributed by atoms with Gasteiger partial charge in [0.05, 0.1) is 0 Å². The summed E-state index contributed by atoms with van der Waals surface area (Å²) in [5.74, 6) is 7.02. The van der Waals surface area contributed by atoms with Crippen molar-refractivity contribution < 1.29 is 0 Å². The summed E-state index contributed by atoms with van der Waals surface area (Å²) in [7, 11) is 0. The van der Waals surface area contributed by atoms with Gasteiger partial charge in [0.1, 0.15) is 0 Å². The van der Waals surface area contributed by atoms with Crippen LogP contribution < -0.4 is 0 Å². The molecule has 0 aromatic carbocycles. The quantitative estimate of drug-likeness (QED) is 0.633. The monoisotopic (exact) mass is 218 g/mol. The Balaban J connectivity index is 1.40. The molecule has 0 heteroatoms. The summed E-state index contributed by atoms with van der Waals surface area (Å²) in [6.45, 7) is 0. The second kappa shape index (κ2) is 3.75. The molecular formula is C16H26.